The number of benzene rings is 1. The minimum atomic E-state index is -0.172. The summed E-state index contributed by atoms with van der Waals surface area (Å²) in [6, 6.07) is 5.00. The van der Waals surface area contributed by atoms with Crippen LogP contribution in [0.15, 0.2) is 29.8 Å². The van der Waals surface area contributed by atoms with Crippen LogP contribution in [0.4, 0.5) is 10.1 Å². The molecule has 0 amide bonds. The van der Waals surface area contributed by atoms with Crippen molar-refractivity contribution in [2.45, 2.75) is 26.3 Å². The van der Waals surface area contributed by atoms with E-state index in [2.05, 4.69) is 17.9 Å². The molecule has 2 rings (SSSR count). The molecule has 1 aliphatic heterocycles. The van der Waals surface area contributed by atoms with Gasteiger partial charge >= 0.3 is 0 Å². The Balaban J connectivity index is 2.40. The van der Waals surface area contributed by atoms with Gasteiger partial charge in [-0.25, -0.2) is 4.39 Å². The molecular formula is C14H19FN2. The average molecular weight is 234 g/mol. The van der Waals surface area contributed by atoms with Gasteiger partial charge in [0.15, 0.2) is 0 Å². The zero-order valence-electron chi connectivity index (χ0n) is 10.4. The summed E-state index contributed by atoms with van der Waals surface area (Å²) in [5.74, 6) is -0.172. The molecule has 0 saturated carbocycles. The summed E-state index contributed by atoms with van der Waals surface area (Å²) in [5, 5.41) is 0. The van der Waals surface area contributed by atoms with Gasteiger partial charge in [0.25, 0.3) is 0 Å². The van der Waals surface area contributed by atoms with Gasteiger partial charge in [-0.05, 0) is 31.9 Å². The van der Waals surface area contributed by atoms with Crippen molar-refractivity contribution >= 4 is 5.69 Å². The van der Waals surface area contributed by atoms with E-state index in [1.165, 1.54) is 11.6 Å². The molecule has 0 bridgehead atoms. The molecule has 1 atom stereocenters. The monoisotopic (exact) mass is 234 g/mol. The van der Waals surface area contributed by atoms with Crippen molar-refractivity contribution in [2.24, 2.45) is 5.73 Å². The van der Waals surface area contributed by atoms with Crippen molar-refractivity contribution in [1.29, 1.82) is 0 Å². The number of hydrogen-bond acceptors (Lipinski definition) is 2. The van der Waals surface area contributed by atoms with Crippen LogP contribution >= 0.6 is 0 Å². The number of rotatable bonds is 2. The lowest BCUT2D eigenvalue weighted by molar-refractivity contribution is 0.610. The Hall–Kier alpha value is -1.35. The molecule has 0 radical (unpaired) electrons. The average Bonchev–Trinajstić information content (AvgIpc) is 2.28. The predicted octanol–water partition coefficient (Wildman–Crippen LogP) is 3.00. The molecule has 3 heteroatoms. The fraction of sp³-hybridized carbons (Fsp3) is 0.429. The smallest absolute Gasteiger partial charge is 0.146 e. The van der Waals surface area contributed by atoms with Crippen LogP contribution in [0.5, 0.6) is 0 Å². The number of anilines is 1. The van der Waals surface area contributed by atoms with E-state index in [4.69, 9.17) is 5.73 Å². The topological polar surface area (TPSA) is 29.3 Å². The Morgan fingerprint density at radius 3 is 2.82 bits per heavy atom. The van der Waals surface area contributed by atoms with Gasteiger partial charge in [0.2, 0.25) is 0 Å². The van der Waals surface area contributed by atoms with Gasteiger partial charge < -0.3 is 10.6 Å². The van der Waals surface area contributed by atoms with E-state index >= 15 is 0 Å². The zero-order valence-corrected chi connectivity index (χ0v) is 10.4. The summed E-state index contributed by atoms with van der Waals surface area (Å²) in [5.41, 5.74) is 8.77. The van der Waals surface area contributed by atoms with Crippen LogP contribution in [0.3, 0.4) is 0 Å². The van der Waals surface area contributed by atoms with E-state index in [0.29, 0.717) is 5.69 Å². The largest absolute Gasteiger partial charge is 0.365 e. The fourth-order valence-corrected chi connectivity index (χ4v) is 2.34. The Morgan fingerprint density at radius 2 is 2.18 bits per heavy atom. The number of halogens is 1. The van der Waals surface area contributed by atoms with Gasteiger partial charge in [-0.1, -0.05) is 23.8 Å². The van der Waals surface area contributed by atoms with E-state index in [0.717, 1.165) is 25.1 Å². The van der Waals surface area contributed by atoms with Gasteiger partial charge in [-0.3, -0.25) is 0 Å². The second-order valence-corrected chi connectivity index (χ2v) is 4.73. The van der Waals surface area contributed by atoms with Crippen molar-refractivity contribution in [1.82, 2.24) is 0 Å². The van der Waals surface area contributed by atoms with Crippen molar-refractivity contribution < 1.29 is 4.39 Å². The molecule has 1 aliphatic rings. The summed E-state index contributed by atoms with van der Waals surface area (Å²) in [6.45, 7) is 5.63. The minimum absolute atomic E-state index is 0.146. The van der Waals surface area contributed by atoms with Crippen LogP contribution in [-0.2, 0) is 0 Å². The minimum Gasteiger partial charge on any atom is -0.365 e. The van der Waals surface area contributed by atoms with Gasteiger partial charge in [0.1, 0.15) is 5.82 Å². The molecule has 0 aliphatic carbocycles. The van der Waals surface area contributed by atoms with E-state index in [9.17, 15) is 4.39 Å². The highest BCUT2D eigenvalue weighted by Gasteiger charge is 2.19. The van der Waals surface area contributed by atoms with Crippen molar-refractivity contribution in [3.8, 4) is 0 Å². The van der Waals surface area contributed by atoms with E-state index in [-0.39, 0.29) is 11.9 Å². The first-order chi connectivity index (χ1) is 8.09. The van der Waals surface area contributed by atoms with Crippen molar-refractivity contribution in [3.63, 3.8) is 0 Å². The molecule has 0 unspecified atom stereocenters. The number of hydrogen-bond donors (Lipinski definition) is 1. The summed E-state index contributed by atoms with van der Waals surface area (Å²) in [7, 11) is 0. The van der Waals surface area contributed by atoms with Crippen molar-refractivity contribution in [2.75, 3.05) is 18.0 Å². The van der Waals surface area contributed by atoms with Crippen LogP contribution in [-0.4, -0.2) is 13.1 Å². The summed E-state index contributed by atoms with van der Waals surface area (Å²) in [6.07, 6.45) is 3.18. The lowest BCUT2D eigenvalue weighted by Crippen LogP contribution is -2.31. The highest BCUT2D eigenvalue weighted by atomic mass is 19.1. The standard InChI is InChI=1S/C14H19FN2/c1-10-5-4-8-17(9-10)14-12(11(2)16)6-3-7-13(14)15/h3,5-7,11H,4,8-9,16H2,1-2H3/t11-/m0/s1. The first-order valence-corrected chi connectivity index (χ1v) is 6.04. The molecule has 0 spiro atoms. The maximum Gasteiger partial charge on any atom is 0.146 e. The van der Waals surface area contributed by atoms with Crippen LogP contribution < -0.4 is 10.6 Å². The molecule has 2 N–H and O–H groups in total. The number of nitrogens with two attached hydrogens (primary N) is 1. The van der Waals surface area contributed by atoms with E-state index in [1.807, 2.05) is 13.0 Å². The highest BCUT2D eigenvalue weighted by Crippen LogP contribution is 2.30. The molecule has 1 aromatic rings. The molecule has 0 fully saturated rings. The lowest BCUT2D eigenvalue weighted by Gasteiger charge is -2.31. The molecule has 17 heavy (non-hydrogen) atoms. The zero-order chi connectivity index (χ0) is 12.4. The maximum absolute atomic E-state index is 14.0. The third-order valence-corrected chi connectivity index (χ3v) is 3.16. The first-order valence-electron chi connectivity index (χ1n) is 6.04. The fourth-order valence-electron chi connectivity index (χ4n) is 2.34. The van der Waals surface area contributed by atoms with Crippen LogP contribution in [0.2, 0.25) is 0 Å². The Labute approximate surface area is 102 Å². The molecule has 0 aromatic heterocycles. The molecule has 0 saturated heterocycles. The normalized spacial score (nSPS) is 17.9. The van der Waals surface area contributed by atoms with Gasteiger partial charge in [-0.2, -0.15) is 0 Å². The SMILES string of the molecule is CC1=CCCN(c2c(F)cccc2[C@H](C)N)C1. The van der Waals surface area contributed by atoms with Gasteiger partial charge in [0, 0.05) is 19.1 Å². The lowest BCUT2D eigenvalue weighted by atomic mass is 10.0. The third kappa shape index (κ3) is 2.50. The summed E-state index contributed by atoms with van der Waals surface area (Å²) >= 11 is 0. The quantitative estimate of drug-likeness (QED) is 0.797. The number of nitrogens with zero attached hydrogens (tertiary/aromatic N) is 1. The van der Waals surface area contributed by atoms with E-state index in [1.54, 1.807) is 6.07 Å². The maximum atomic E-state index is 14.0. The second-order valence-electron chi connectivity index (χ2n) is 4.73. The van der Waals surface area contributed by atoms with E-state index < -0.39 is 0 Å². The molecule has 2 nitrogen and oxygen atoms in total. The molecule has 1 heterocycles. The highest BCUT2D eigenvalue weighted by molar-refractivity contribution is 5.57. The predicted molar refractivity (Wildman–Crippen MR) is 69.6 cm³/mol. The van der Waals surface area contributed by atoms with Gasteiger partial charge in [-0.15, -0.1) is 0 Å². The molecule has 1 aromatic carbocycles. The van der Waals surface area contributed by atoms with Crippen LogP contribution in [0.1, 0.15) is 31.9 Å². The summed E-state index contributed by atoms with van der Waals surface area (Å²) < 4.78 is 14.0. The van der Waals surface area contributed by atoms with Crippen molar-refractivity contribution in [3.05, 3.63) is 41.2 Å². The Morgan fingerprint density at radius 1 is 1.41 bits per heavy atom. The Bertz CT molecular complexity index is 438. The van der Waals surface area contributed by atoms with Gasteiger partial charge in [0.05, 0.1) is 5.69 Å². The third-order valence-electron chi connectivity index (χ3n) is 3.16. The summed E-state index contributed by atoms with van der Waals surface area (Å²) in [4.78, 5) is 2.09. The Kier molecular flexibility index (Phi) is 3.48. The molecule has 92 valence electrons. The second kappa shape index (κ2) is 4.88. The first kappa shape index (κ1) is 12.1. The van der Waals surface area contributed by atoms with Crippen LogP contribution in [0, 0.1) is 5.82 Å². The molecular weight excluding hydrogens is 215 g/mol. The number of para-hydroxylation sites is 1. The van der Waals surface area contributed by atoms with Crippen LogP contribution in [0.25, 0.3) is 0 Å².